The average molecular weight is 364 g/mol. The predicted octanol–water partition coefficient (Wildman–Crippen LogP) is 6.01. The number of alkyl halides is 3. The van der Waals surface area contributed by atoms with Crippen LogP contribution in [0.5, 0.6) is 0 Å². The van der Waals surface area contributed by atoms with Crippen molar-refractivity contribution in [2.75, 3.05) is 5.32 Å². The van der Waals surface area contributed by atoms with Crippen LogP contribution in [0.3, 0.4) is 0 Å². The number of hydrogen-bond acceptors (Lipinski definition) is 2. The van der Waals surface area contributed by atoms with E-state index in [0.717, 1.165) is 15.4 Å². The molecule has 1 nitrogen and oxygen atoms in total. The fourth-order valence-electron chi connectivity index (χ4n) is 1.89. The van der Waals surface area contributed by atoms with Gasteiger partial charge < -0.3 is 5.32 Å². The van der Waals surface area contributed by atoms with Gasteiger partial charge in [-0.3, -0.25) is 0 Å². The van der Waals surface area contributed by atoms with E-state index in [1.165, 1.54) is 13.0 Å². The molecule has 0 radical (unpaired) electrons. The van der Waals surface area contributed by atoms with Crippen LogP contribution in [0.1, 0.15) is 29.0 Å². The lowest BCUT2D eigenvalue weighted by molar-refractivity contribution is -0.138. The van der Waals surface area contributed by atoms with Gasteiger partial charge in [-0.15, -0.1) is 11.3 Å². The minimum absolute atomic E-state index is 0.0462. The summed E-state index contributed by atoms with van der Waals surface area (Å²) in [6.07, 6.45) is -4.32. The van der Waals surface area contributed by atoms with E-state index in [1.807, 2.05) is 18.4 Å². The average Bonchev–Trinajstić information content (AvgIpc) is 2.77. The minimum atomic E-state index is -4.32. The molecule has 1 atom stereocenters. The van der Waals surface area contributed by atoms with Crippen LogP contribution in [0.2, 0.25) is 0 Å². The molecule has 1 unspecified atom stereocenters. The SMILES string of the molecule is Cc1ccc(NC(C)c2cc(Br)cs2)cc1C(F)(F)F. The molecule has 0 saturated carbocycles. The third-order valence-corrected chi connectivity index (χ3v) is 4.82. The molecule has 1 N–H and O–H groups in total. The van der Waals surface area contributed by atoms with Crippen molar-refractivity contribution in [2.45, 2.75) is 26.1 Å². The van der Waals surface area contributed by atoms with Crippen LogP contribution in [0.15, 0.2) is 34.1 Å². The first-order valence-corrected chi connectivity index (χ1v) is 7.63. The van der Waals surface area contributed by atoms with Gasteiger partial charge in [-0.05, 0) is 53.5 Å². The third-order valence-electron chi connectivity index (χ3n) is 2.94. The maximum Gasteiger partial charge on any atom is 0.416 e. The number of halogens is 4. The standard InChI is InChI=1S/C14H13BrF3NS/c1-8-3-4-11(6-12(8)14(16,17)18)19-9(2)13-5-10(15)7-20-13/h3-7,9,19H,1-2H3. The first-order chi connectivity index (χ1) is 9.27. The van der Waals surface area contributed by atoms with E-state index in [9.17, 15) is 13.2 Å². The molecule has 0 bridgehead atoms. The smallest absolute Gasteiger partial charge is 0.378 e. The number of hydrogen-bond donors (Lipinski definition) is 1. The van der Waals surface area contributed by atoms with E-state index >= 15 is 0 Å². The molecular formula is C14H13BrF3NS. The maximum atomic E-state index is 12.9. The number of rotatable bonds is 3. The van der Waals surface area contributed by atoms with Crippen molar-refractivity contribution >= 4 is 33.0 Å². The number of nitrogens with one attached hydrogen (secondary N) is 1. The van der Waals surface area contributed by atoms with Crippen LogP contribution < -0.4 is 5.32 Å². The maximum absolute atomic E-state index is 12.9. The Kier molecular flexibility index (Phi) is 4.44. The number of benzene rings is 1. The van der Waals surface area contributed by atoms with E-state index in [-0.39, 0.29) is 11.6 Å². The lowest BCUT2D eigenvalue weighted by Gasteiger charge is -2.17. The quantitative estimate of drug-likeness (QED) is 0.703. The zero-order chi connectivity index (χ0) is 14.9. The van der Waals surface area contributed by atoms with Gasteiger partial charge in [-0.2, -0.15) is 13.2 Å². The highest BCUT2D eigenvalue weighted by Gasteiger charge is 2.32. The molecule has 108 valence electrons. The van der Waals surface area contributed by atoms with Crippen LogP contribution in [-0.2, 0) is 6.18 Å². The summed E-state index contributed by atoms with van der Waals surface area (Å²) >= 11 is 4.93. The molecule has 0 saturated heterocycles. The number of thiophene rings is 1. The second-order valence-electron chi connectivity index (χ2n) is 4.56. The molecule has 0 amide bonds. The molecule has 20 heavy (non-hydrogen) atoms. The summed E-state index contributed by atoms with van der Waals surface area (Å²) in [5.74, 6) is 0. The van der Waals surface area contributed by atoms with Gasteiger partial charge in [-0.25, -0.2) is 0 Å². The molecular weight excluding hydrogens is 351 g/mol. The van der Waals surface area contributed by atoms with Crippen LogP contribution in [0.4, 0.5) is 18.9 Å². The minimum Gasteiger partial charge on any atom is -0.378 e. The Bertz CT molecular complexity index is 607. The van der Waals surface area contributed by atoms with Crippen molar-refractivity contribution in [3.8, 4) is 0 Å². The molecule has 2 rings (SSSR count). The summed E-state index contributed by atoms with van der Waals surface area (Å²) in [7, 11) is 0. The van der Waals surface area contributed by atoms with E-state index in [2.05, 4.69) is 21.2 Å². The Balaban J connectivity index is 2.22. The normalized spacial score (nSPS) is 13.3. The van der Waals surface area contributed by atoms with Crippen LogP contribution in [-0.4, -0.2) is 0 Å². The van der Waals surface area contributed by atoms with Gasteiger partial charge in [0.2, 0.25) is 0 Å². The highest BCUT2D eigenvalue weighted by molar-refractivity contribution is 9.10. The first-order valence-electron chi connectivity index (χ1n) is 5.95. The van der Waals surface area contributed by atoms with Crippen LogP contribution >= 0.6 is 27.3 Å². The fraction of sp³-hybridized carbons (Fsp3) is 0.286. The van der Waals surface area contributed by atoms with E-state index in [1.54, 1.807) is 17.4 Å². The Morgan fingerprint density at radius 3 is 2.50 bits per heavy atom. The van der Waals surface area contributed by atoms with E-state index in [4.69, 9.17) is 0 Å². The molecule has 1 aromatic carbocycles. The van der Waals surface area contributed by atoms with Gasteiger partial charge in [0, 0.05) is 20.4 Å². The largest absolute Gasteiger partial charge is 0.416 e. The summed E-state index contributed by atoms with van der Waals surface area (Å²) < 4.78 is 39.6. The molecule has 1 heterocycles. The van der Waals surface area contributed by atoms with Crippen molar-refractivity contribution in [3.05, 3.63) is 50.1 Å². The van der Waals surface area contributed by atoms with Gasteiger partial charge in [-0.1, -0.05) is 6.07 Å². The van der Waals surface area contributed by atoms with Crippen molar-refractivity contribution in [2.24, 2.45) is 0 Å². The topological polar surface area (TPSA) is 12.0 Å². The van der Waals surface area contributed by atoms with Gasteiger partial charge in [0.1, 0.15) is 0 Å². The summed E-state index contributed by atoms with van der Waals surface area (Å²) in [5.41, 5.74) is 0.108. The molecule has 1 aromatic heterocycles. The lowest BCUT2D eigenvalue weighted by Crippen LogP contribution is -2.10. The second kappa shape index (κ2) is 5.77. The highest BCUT2D eigenvalue weighted by atomic mass is 79.9. The monoisotopic (exact) mass is 363 g/mol. The van der Waals surface area contributed by atoms with Gasteiger partial charge in [0.25, 0.3) is 0 Å². The highest BCUT2D eigenvalue weighted by Crippen LogP contribution is 2.34. The molecule has 0 spiro atoms. The molecule has 0 aliphatic rings. The Morgan fingerprint density at radius 2 is 1.95 bits per heavy atom. The number of aryl methyl sites for hydroxylation is 1. The molecule has 0 fully saturated rings. The summed E-state index contributed by atoms with van der Waals surface area (Å²) in [5, 5.41) is 5.05. The van der Waals surface area contributed by atoms with Crippen molar-refractivity contribution in [1.82, 2.24) is 0 Å². The summed E-state index contributed by atoms with van der Waals surface area (Å²) in [6, 6.07) is 6.23. The number of anilines is 1. The zero-order valence-electron chi connectivity index (χ0n) is 10.9. The Morgan fingerprint density at radius 1 is 1.25 bits per heavy atom. The molecule has 6 heteroatoms. The zero-order valence-corrected chi connectivity index (χ0v) is 13.3. The van der Waals surface area contributed by atoms with Gasteiger partial charge in [0.15, 0.2) is 0 Å². The van der Waals surface area contributed by atoms with Gasteiger partial charge in [0.05, 0.1) is 11.6 Å². The summed E-state index contributed by atoms with van der Waals surface area (Å²) in [4.78, 5) is 1.06. The lowest BCUT2D eigenvalue weighted by atomic mass is 10.1. The van der Waals surface area contributed by atoms with E-state index < -0.39 is 11.7 Å². The predicted molar refractivity (Wildman–Crippen MR) is 80.2 cm³/mol. The van der Waals surface area contributed by atoms with E-state index in [0.29, 0.717) is 5.69 Å². The van der Waals surface area contributed by atoms with Gasteiger partial charge >= 0.3 is 6.18 Å². The second-order valence-corrected chi connectivity index (χ2v) is 6.42. The van der Waals surface area contributed by atoms with Crippen molar-refractivity contribution in [1.29, 1.82) is 0 Å². The third kappa shape index (κ3) is 3.55. The fourth-order valence-corrected chi connectivity index (χ4v) is 3.35. The Hall–Kier alpha value is -1.01. The molecule has 0 aliphatic heterocycles. The van der Waals surface area contributed by atoms with Crippen LogP contribution in [0, 0.1) is 6.92 Å². The van der Waals surface area contributed by atoms with Crippen molar-refractivity contribution in [3.63, 3.8) is 0 Å². The van der Waals surface area contributed by atoms with Crippen molar-refractivity contribution < 1.29 is 13.2 Å². The first kappa shape index (κ1) is 15.4. The summed E-state index contributed by atoms with van der Waals surface area (Å²) in [6.45, 7) is 3.39. The van der Waals surface area contributed by atoms with Crippen LogP contribution in [0.25, 0.3) is 0 Å². The Labute approximate surface area is 128 Å². The molecule has 2 aromatic rings. The molecule has 0 aliphatic carbocycles.